The molecule has 34 heavy (non-hydrogen) atoms. The number of aromatic nitrogens is 2. The van der Waals surface area contributed by atoms with E-state index in [1.807, 2.05) is 60.4 Å². The van der Waals surface area contributed by atoms with Crippen LogP contribution in [0, 0.1) is 12.8 Å². The van der Waals surface area contributed by atoms with Gasteiger partial charge in [0.25, 0.3) is 5.89 Å². The molecule has 2 fully saturated rings. The Labute approximate surface area is 198 Å². The highest BCUT2D eigenvalue weighted by Crippen LogP contribution is 2.31. The van der Waals surface area contributed by atoms with Crippen LogP contribution in [0.1, 0.15) is 36.6 Å². The van der Waals surface area contributed by atoms with Crippen molar-refractivity contribution in [3.8, 4) is 17.2 Å². The quantitative estimate of drug-likeness (QED) is 0.575. The molecule has 2 aromatic carbocycles. The number of carbonyl (C=O) groups is 2. The van der Waals surface area contributed by atoms with Crippen LogP contribution < -0.4 is 9.64 Å². The van der Waals surface area contributed by atoms with E-state index in [0.29, 0.717) is 31.3 Å². The highest BCUT2D eigenvalue weighted by molar-refractivity contribution is 6.00. The number of rotatable bonds is 5. The molecule has 0 radical (unpaired) electrons. The predicted octanol–water partition coefficient (Wildman–Crippen LogP) is 3.81. The van der Waals surface area contributed by atoms with Gasteiger partial charge in [0.15, 0.2) is 5.82 Å². The van der Waals surface area contributed by atoms with Crippen molar-refractivity contribution >= 4 is 17.5 Å². The number of hydrogen-bond donors (Lipinski definition) is 0. The molecule has 2 aliphatic rings. The maximum atomic E-state index is 13.2. The maximum Gasteiger partial charge on any atom is 0.257 e. The number of likely N-dealkylation sites (tertiary alicyclic amines) is 1. The summed E-state index contributed by atoms with van der Waals surface area (Å²) in [6, 6.07) is 15.4. The summed E-state index contributed by atoms with van der Waals surface area (Å²) in [7, 11) is 1.61. The second-order valence-electron chi connectivity index (χ2n) is 9.03. The van der Waals surface area contributed by atoms with Gasteiger partial charge in [-0.05, 0) is 56.2 Å². The van der Waals surface area contributed by atoms with E-state index in [0.717, 1.165) is 29.8 Å². The summed E-state index contributed by atoms with van der Waals surface area (Å²) < 4.78 is 10.7. The van der Waals surface area contributed by atoms with Gasteiger partial charge < -0.3 is 19.1 Å². The van der Waals surface area contributed by atoms with Crippen LogP contribution in [0.5, 0.6) is 5.75 Å². The zero-order valence-electron chi connectivity index (χ0n) is 19.4. The summed E-state index contributed by atoms with van der Waals surface area (Å²) in [4.78, 5) is 33.9. The topological polar surface area (TPSA) is 88.8 Å². The van der Waals surface area contributed by atoms with Gasteiger partial charge in [0.05, 0.1) is 13.0 Å². The standard InChI is InChI=1S/C26H28N4O4/c1-17-3-5-19(6-4-17)25-27-24(28-34-25)18-11-13-29(14-12-18)26(32)20-15-23(31)30(16-20)21-7-9-22(33-2)10-8-21/h3-10,18,20H,11-16H2,1-2H3/t20-/m0/s1. The number of methoxy groups -OCH3 is 1. The van der Waals surface area contributed by atoms with Gasteiger partial charge in [0.1, 0.15) is 5.75 Å². The number of anilines is 1. The lowest BCUT2D eigenvalue weighted by molar-refractivity contribution is -0.136. The summed E-state index contributed by atoms with van der Waals surface area (Å²) >= 11 is 0. The highest BCUT2D eigenvalue weighted by atomic mass is 16.5. The zero-order chi connectivity index (χ0) is 23.7. The average Bonchev–Trinajstić information content (AvgIpc) is 3.52. The second kappa shape index (κ2) is 9.29. The smallest absolute Gasteiger partial charge is 0.257 e. The van der Waals surface area contributed by atoms with Gasteiger partial charge in [0.2, 0.25) is 11.8 Å². The Morgan fingerprint density at radius 1 is 1.06 bits per heavy atom. The highest BCUT2D eigenvalue weighted by Gasteiger charge is 2.38. The fourth-order valence-corrected chi connectivity index (χ4v) is 4.72. The molecule has 5 rings (SSSR count). The van der Waals surface area contributed by atoms with Gasteiger partial charge in [0, 0.05) is 43.2 Å². The molecule has 0 spiro atoms. The Kier molecular flexibility index (Phi) is 6.04. The monoisotopic (exact) mass is 460 g/mol. The molecule has 1 aromatic heterocycles. The SMILES string of the molecule is COc1ccc(N2C[C@@H](C(=O)N3CCC(c4noc(-c5ccc(C)cc5)n4)CC3)CC2=O)cc1. The molecular formula is C26H28N4O4. The molecule has 1 atom stereocenters. The van der Waals surface area contributed by atoms with Crippen molar-refractivity contribution < 1.29 is 18.8 Å². The van der Waals surface area contributed by atoms with E-state index >= 15 is 0 Å². The maximum absolute atomic E-state index is 13.2. The molecule has 8 nitrogen and oxygen atoms in total. The lowest BCUT2D eigenvalue weighted by Gasteiger charge is -2.32. The van der Waals surface area contributed by atoms with Crippen molar-refractivity contribution in [2.75, 3.05) is 31.6 Å². The van der Waals surface area contributed by atoms with E-state index in [-0.39, 0.29) is 30.1 Å². The molecule has 3 heterocycles. The van der Waals surface area contributed by atoms with Crippen molar-refractivity contribution in [2.45, 2.75) is 32.1 Å². The number of hydrogen-bond acceptors (Lipinski definition) is 6. The van der Waals surface area contributed by atoms with Crippen LogP contribution >= 0.6 is 0 Å². The Morgan fingerprint density at radius 2 is 1.76 bits per heavy atom. The Balaban J connectivity index is 1.18. The van der Waals surface area contributed by atoms with Gasteiger partial charge in [-0.1, -0.05) is 22.9 Å². The van der Waals surface area contributed by atoms with Crippen LogP contribution in [0.4, 0.5) is 5.69 Å². The van der Waals surface area contributed by atoms with Crippen molar-refractivity contribution in [1.29, 1.82) is 0 Å². The molecular weight excluding hydrogens is 432 g/mol. The van der Waals surface area contributed by atoms with Crippen molar-refractivity contribution in [3.63, 3.8) is 0 Å². The third-order valence-electron chi connectivity index (χ3n) is 6.77. The molecule has 2 saturated heterocycles. The first kappa shape index (κ1) is 22.1. The van der Waals surface area contributed by atoms with E-state index in [1.54, 1.807) is 12.0 Å². The van der Waals surface area contributed by atoms with Gasteiger partial charge in [-0.3, -0.25) is 9.59 Å². The Hall–Kier alpha value is -3.68. The normalized spacial score (nSPS) is 19.0. The lowest BCUT2D eigenvalue weighted by Crippen LogP contribution is -2.42. The predicted molar refractivity (Wildman–Crippen MR) is 126 cm³/mol. The van der Waals surface area contributed by atoms with Gasteiger partial charge in [-0.2, -0.15) is 4.98 Å². The summed E-state index contributed by atoms with van der Waals surface area (Å²) in [6.45, 7) is 3.71. The Bertz CT molecular complexity index is 1160. The summed E-state index contributed by atoms with van der Waals surface area (Å²) in [5.74, 6) is 1.84. The van der Waals surface area contributed by atoms with Crippen LogP contribution in [0.3, 0.4) is 0 Å². The fourth-order valence-electron chi connectivity index (χ4n) is 4.72. The van der Waals surface area contributed by atoms with Crippen molar-refractivity contribution in [2.24, 2.45) is 5.92 Å². The molecule has 8 heteroatoms. The van der Waals surface area contributed by atoms with Crippen LogP contribution in [0.15, 0.2) is 53.1 Å². The van der Waals surface area contributed by atoms with Crippen molar-refractivity contribution in [3.05, 3.63) is 59.9 Å². The number of amides is 2. The van der Waals surface area contributed by atoms with E-state index in [1.165, 1.54) is 5.56 Å². The minimum Gasteiger partial charge on any atom is -0.497 e. The molecule has 0 bridgehead atoms. The number of ether oxygens (including phenoxy) is 1. The first-order valence-electron chi connectivity index (χ1n) is 11.7. The van der Waals surface area contributed by atoms with E-state index in [9.17, 15) is 9.59 Å². The molecule has 0 unspecified atom stereocenters. The summed E-state index contributed by atoms with van der Waals surface area (Å²) in [5.41, 5.74) is 2.88. The van der Waals surface area contributed by atoms with Crippen LogP contribution in [0.2, 0.25) is 0 Å². The number of piperidine rings is 1. The molecule has 2 amide bonds. The van der Waals surface area contributed by atoms with Gasteiger partial charge >= 0.3 is 0 Å². The average molecular weight is 461 g/mol. The molecule has 0 N–H and O–H groups in total. The Morgan fingerprint density at radius 3 is 2.44 bits per heavy atom. The number of carbonyl (C=O) groups excluding carboxylic acids is 2. The van der Waals surface area contributed by atoms with Crippen LogP contribution in [-0.4, -0.2) is 53.6 Å². The van der Waals surface area contributed by atoms with Crippen LogP contribution in [0.25, 0.3) is 11.5 Å². The van der Waals surface area contributed by atoms with Crippen LogP contribution in [-0.2, 0) is 9.59 Å². The molecule has 176 valence electrons. The second-order valence-corrected chi connectivity index (χ2v) is 9.03. The van der Waals surface area contributed by atoms with Crippen molar-refractivity contribution in [1.82, 2.24) is 15.0 Å². The zero-order valence-corrected chi connectivity index (χ0v) is 19.4. The third-order valence-corrected chi connectivity index (χ3v) is 6.77. The minimum absolute atomic E-state index is 0.0196. The van der Waals surface area contributed by atoms with E-state index in [4.69, 9.17) is 9.26 Å². The number of aryl methyl sites for hydroxylation is 1. The van der Waals surface area contributed by atoms with E-state index < -0.39 is 0 Å². The van der Waals surface area contributed by atoms with Gasteiger partial charge in [-0.15, -0.1) is 0 Å². The van der Waals surface area contributed by atoms with Gasteiger partial charge in [-0.25, -0.2) is 0 Å². The number of nitrogens with zero attached hydrogens (tertiary/aromatic N) is 4. The molecule has 2 aliphatic heterocycles. The number of benzene rings is 2. The first-order valence-corrected chi connectivity index (χ1v) is 11.7. The molecule has 0 aliphatic carbocycles. The summed E-state index contributed by atoms with van der Waals surface area (Å²) in [5, 5.41) is 4.20. The summed E-state index contributed by atoms with van der Waals surface area (Å²) in [6.07, 6.45) is 1.80. The van der Waals surface area contributed by atoms with E-state index in [2.05, 4.69) is 10.1 Å². The molecule has 3 aromatic rings. The minimum atomic E-state index is -0.315. The molecule has 0 saturated carbocycles. The third kappa shape index (κ3) is 4.40. The largest absolute Gasteiger partial charge is 0.497 e. The fraction of sp³-hybridized carbons (Fsp3) is 0.385. The first-order chi connectivity index (χ1) is 16.5. The lowest BCUT2D eigenvalue weighted by atomic mass is 9.95.